The molecule has 2 aromatic carbocycles. The number of likely N-dealkylation sites (tertiary alicyclic amines) is 1. The molecule has 1 fully saturated rings. The molecule has 3 unspecified atom stereocenters. The number of nitrogens with zero attached hydrogens (tertiary/aromatic N) is 2. The molecule has 0 bridgehead atoms. The fourth-order valence-corrected chi connectivity index (χ4v) is 7.07. The number of benzene rings is 2. The maximum Gasteiger partial charge on any atom is 0.163 e. The van der Waals surface area contributed by atoms with Crippen molar-refractivity contribution in [2.75, 3.05) is 33.4 Å². The third-order valence-corrected chi connectivity index (χ3v) is 9.83. The summed E-state index contributed by atoms with van der Waals surface area (Å²) in [7, 11) is 1.76. The molecule has 2 aromatic rings. The molecule has 5 heteroatoms. The average Bonchev–Trinajstić information content (AvgIpc) is 3.11. The van der Waals surface area contributed by atoms with E-state index in [1.54, 1.807) is 7.11 Å². The second-order valence-electron chi connectivity index (χ2n) is 12.4. The van der Waals surface area contributed by atoms with Gasteiger partial charge in [-0.1, -0.05) is 57.2 Å². The van der Waals surface area contributed by atoms with Gasteiger partial charge in [0.1, 0.15) is 0 Å². The van der Waals surface area contributed by atoms with Crippen LogP contribution in [0.4, 0.5) is 0 Å². The summed E-state index contributed by atoms with van der Waals surface area (Å²) in [5, 5.41) is 9.16. The molecule has 2 aliphatic heterocycles. The van der Waals surface area contributed by atoms with Gasteiger partial charge in [-0.2, -0.15) is 0 Å². The van der Waals surface area contributed by atoms with Crippen LogP contribution in [0.3, 0.4) is 0 Å². The highest BCUT2D eigenvalue weighted by Gasteiger charge is 2.30. The second kappa shape index (κ2) is 14.1. The van der Waals surface area contributed by atoms with Gasteiger partial charge in [0, 0.05) is 57.1 Å². The van der Waals surface area contributed by atoms with Crippen molar-refractivity contribution in [2.24, 2.45) is 16.8 Å². The molecule has 3 aliphatic rings. The van der Waals surface area contributed by atoms with Crippen LogP contribution in [0.1, 0.15) is 96.1 Å². The van der Waals surface area contributed by atoms with E-state index in [4.69, 9.17) is 9.84 Å². The Morgan fingerprint density at radius 1 is 1.10 bits per heavy atom. The van der Waals surface area contributed by atoms with E-state index in [0.717, 1.165) is 69.3 Å². The summed E-state index contributed by atoms with van der Waals surface area (Å²) < 4.78 is 5.74. The highest BCUT2D eigenvalue weighted by molar-refractivity contribution is 6.02. The van der Waals surface area contributed by atoms with E-state index in [1.807, 2.05) is 12.4 Å². The van der Waals surface area contributed by atoms with E-state index in [2.05, 4.69) is 73.1 Å². The van der Waals surface area contributed by atoms with Gasteiger partial charge in [-0.25, -0.2) is 0 Å². The summed E-state index contributed by atoms with van der Waals surface area (Å²) in [6.45, 7) is 9.83. The Kier molecular flexibility index (Phi) is 10.3. The number of ether oxygens (including phenoxy) is 1. The van der Waals surface area contributed by atoms with Gasteiger partial charge in [-0.05, 0) is 95.4 Å². The highest BCUT2D eigenvalue weighted by Crippen LogP contribution is 2.39. The number of aliphatic hydroxyl groups is 1. The lowest BCUT2D eigenvalue weighted by Crippen LogP contribution is -2.46. The van der Waals surface area contributed by atoms with E-state index < -0.39 is 0 Å². The van der Waals surface area contributed by atoms with Crippen LogP contribution in [0.25, 0.3) is 11.6 Å². The minimum absolute atomic E-state index is 0.0146. The zero-order chi connectivity index (χ0) is 29.6. The van der Waals surface area contributed by atoms with Crippen molar-refractivity contribution in [1.29, 1.82) is 0 Å². The first-order valence-electron chi connectivity index (χ1n) is 16.0. The molecular formula is C37H48N2O3. The zero-order valence-corrected chi connectivity index (χ0v) is 25.9. The number of aliphatic imine (C=N–C) groups is 1. The van der Waals surface area contributed by atoms with E-state index in [-0.39, 0.29) is 18.6 Å². The van der Waals surface area contributed by atoms with Crippen LogP contribution in [0.5, 0.6) is 0 Å². The molecule has 0 aromatic heterocycles. The third-order valence-electron chi connectivity index (χ3n) is 9.83. The first kappa shape index (κ1) is 30.6. The summed E-state index contributed by atoms with van der Waals surface area (Å²) in [5.41, 5.74) is 9.80. The Hall–Kier alpha value is -2.86. The number of β-amino-alcohol motifs (C(OH)–C–C–N with tert-alkyl or cyclic N) is 1. The molecule has 0 radical (unpaired) electrons. The molecule has 3 atom stereocenters. The minimum Gasteiger partial charge on any atom is -0.395 e. The van der Waals surface area contributed by atoms with Gasteiger partial charge in [0.25, 0.3) is 0 Å². The molecule has 0 spiro atoms. The Balaban J connectivity index is 1.42. The van der Waals surface area contributed by atoms with Crippen molar-refractivity contribution in [3.8, 4) is 0 Å². The highest BCUT2D eigenvalue weighted by atomic mass is 16.5. The lowest BCUT2D eigenvalue weighted by atomic mass is 9.77. The number of methoxy groups -OCH3 is 1. The molecule has 5 rings (SSSR count). The van der Waals surface area contributed by atoms with Gasteiger partial charge < -0.3 is 9.84 Å². The molecular weight excluding hydrogens is 520 g/mol. The first-order valence-corrected chi connectivity index (χ1v) is 16.0. The summed E-state index contributed by atoms with van der Waals surface area (Å²) in [5.74, 6) is 1.43. The first-order chi connectivity index (χ1) is 20.4. The van der Waals surface area contributed by atoms with Crippen molar-refractivity contribution in [3.05, 3.63) is 81.6 Å². The van der Waals surface area contributed by atoms with Gasteiger partial charge in [0.05, 0.1) is 12.7 Å². The molecule has 224 valence electrons. The lowest BCUT2D eigenvalue weighted by molar-refractivity contribution is 0.0978. The van der Waals surface area contributed by atoms with Gasteiger partial charge in [0.2, 0.25) is 0 Å². The smallest absolute Gasteiger partial charge is 0.163 e. The predicted octanol–water partition coefficient (Wildman–Crippen LogP) is 6.91. The fourth-order valence-electron chi connectivity index (χ4n) is 7.07. The molecule has 42 heavy (non-hydrogen) atoms. The number of allylic oxidation sites excluding steroid dienone is 2. The summed E-state index contributed by atoms with van der Waals surface area (Å²) in [6, 6.07) is 11.4. The second-order valence-corrected chi connectivity index (χ2v) is 12.4. The average molecular weight is 569 g/mol. The van der Waals surface area contributed by atoms with Crippen LogP contribution in [0.15, 0.2) is 47.6 Å². The molecule has 0 saturated carbocycles. The number of aliphatic hydroxyl groups excluding tert-OH is 1. The zero-order valence-electron chi connectivity index (χ0n) is 25.9. The number of carbonyl (C=O) groups excluding carboxylic acids is 1. The van der Waals surface area contributed by atoms with Gasteiger partial charge in [-0.3, -0.25) is 14.7 Å². The molecule has 1 N–H and O–H groups in total. The maximum absolute atomic E-state index is 13.6. The van der Waals surface area contributed by atoms with Crippen LogP contribution in [0.2, 0.25) is 0 Å². The van der Waals surface area contributed by atoms with E-state index in [0.29, 0.717) is 24.0 Å². The number of carbonyl (C=O) groups is 1. The monoisotopic (exact) mass is 568 g/mol. The number of aryl methyl sites for hydroxylation is 1. The number of hydrogen-bond donors (Lipinski definition) is 1. The Morgan fingerprint density at radius 3 is 2.60 bits per heavy atom. The summed E-state index contributed by atoms with van der Waals surface area (Å²) in [6.07, 6.45) is 14.6. The molecule has 1 saturated heterocycles. The number of ketones is 1. The summed E-state index contributed by atoms with van der Waals surface area (Å²) in [4.78, 5) is 20.6. The van der Waals surface area contributed by atoms with Gasteiger partial charge in [-0.15, -0.1) is 0 Å². The Bertz CT molecular complexity index is 1330. The Morgan fingerprint density at radius 2 is 1.88 bits per heavy atom. The number of hydrogen-bond acceptors (Lipinski definition) is 5. The van der Waals surface area contributed by atoms with Crippen LogP contribution >= 0.6 is 0 Å². The van der Waals surface area contributed by atoms with Crippen molar-refractivity contribution in [2.45, 2.75) is 77.7 Å². The SMILES string of the molecule is CCc1c(C2=CN=CC(OC)C(C)C2C)cc2c(c1CCCc1ccc(C3CN(CCO)C3)cc1)C(=O)CCCC=C2. The van der Waals surface area contributed by atoms with Crippen LogP contribution in [-0.2, 0) is 24.0 Å². The van der Waals surface area contributed by atoms with E-state index in [9.17, 15) is 4.79 Å². The van der Waals surface area contributed by atoms with Crippen molar-refractivity contribution in [3.63, 3.8) is 0 Å². The minimum atomic E-state index is -0.0146. The molecule has 0 amide bonds. The van der Waals surface area contributed by atoms with Crippen molar-refractivity contribution in [1.82, 2.24) is 4.90 Å². The third kappa shape index (κ3) is 6.54. The number of rotatable bonds is 10. The molecule has 1 aliphatic carbocycles. The summed E-state index contributed by atoms with van der Waals surface area (Å²) >= 11 is 0. The molecule has 2 heterocycles. The molecule has 5 nitrogen and oxygen atoms in total. The van der Waals surface area contributed by atoms with Crippen LogP contribution < -0.4 is 0 Å². The van der Waals surface area contributed by atoms with Gasteiger partial charge >= 0.3 is 0 Å². The largest absolute Gasteiger partial charge is 0.395 e. The van der Waals surface area contributed by atoms with Crippen molar-refractivity contribution >= 4 is 23.6 Å². The number of Topliss-reactive ketones (excluding diaryl/α,β-unsaturated/α-hetero) is 1. The maximum atomic E-state index is 13.6. The van der Waals surface area contributed by atoms with Crippen LogP contribution in [0, 0.1) is 11.8 Å². The topological polar surface area (TPSA) is 62.1 Å². The standard InChI is InChI=1S/C37H48N2O3/c1-5-31-32(12-9-10-27-14-16-28(17-15-27)30-23-39(24-30)18-19-40)37-29(11-7-6-8-13-35(37)41)20-33(31)34-21-38-22-36(42-4)26(3)25(34)2/h7,11,14-17,20-22,25-26,30,36,40H,5-6,8-10,12-13,18-19,23-24H2,1-4H3. The van der Waals surface area contributed by atoms with Gasteiger partial charge in [0.15, 0.2) is 5.78 Å². The Labute approximate surface area is 252 Å². The normalized spacial score (nSPS) is 23.1. The number of fused-ring (bicyclic) bond motifs is 1. The van der Waals surface area contributed by atoms with E-state index >= 15 is 0 Å². The van der Waals surface area contributed by atoms with E-state index in [1.165, 1.54) is 33.4 Å². The predicted molar refractivity (Wildman–Crippen MR) is 173 cm³/mol. The fraction of sp³-hybridized carbons (Fsp3) is 0.514. The lowest BCUT2D eigenvalue weighted by Gasteiger charge is -2.39. The van der Waals surface area contributed by atoms with Crippen molar-refractivity contribution < 1.29 is 14.6 Å². The quantitative estimate of drug-likeness (QED) is 0.338. The van der Waals surface area contributed by atoms with Crippen LogP contribution in [-0.4, -0.2) is 61.5 Å².